The molecule has 2 heteroatoms. The summed E-state index contributed by atoms with van der Waals surface area (Å²) in [5, 5.41) is 0. The Labute approximate surface area is 56.2 Å². The molecule has 0 amide bonds. The third kappa shape index (κ3) is 3.12. The highest BCUT2D eigenvalue weighted by Crippen LogP contribution is 2.20. The maximum absolute atomic E-state index is 9.71. The zero-order valence-corrected chi connectivity index (χ0v) is 6.39. The molecule has 0 aromatic heterocycles. The molecule has 0 rings (SSSR count). The van der Waals surface area contributed by atoms with E-state index in [9.17, 15) is 4.79 Å². The van der Waals surface area contributed by atoms with Gasteiger partial charge in [0.2, 0.25) is 0 Å². The monoisotopic (exact) mass is 129 g/mol. The smallest absolute Gasteiger partial charge is 0.417 e. The Bertz CT molecular complexity index is 91.6. The molecular weight excluding hydrogens is 116 g/mol. The minimum atomic E-state index is -0.0602. The van der Waals surface area contributed by atoms with E-state index >= 15 is 0 Å². The van der Waals surface area contributed by atoms with Crippen LogP contribution in [-0.2, 0) is 9.53 Å². The minimum absolute atomic E-state index is 0.0252. The van der Waals surface area contributed by atoms with Gasteiger partial charge in [-0.15, -0.1) is 0 Å². The van der Waals surface area contributed by atoms with Gasteiger partial charge in [-0.05, 0) is 12.3 Å². The predicted molar refractivity (Wildman–Crippen MR) is 35.7 cm³/mol. The second-order valence-corrected chi connectivity index (χ2v) is 3.21. The predicted octanol–water partition coefficient (Wildman–Crippen LogP) is 1.50. The molecule has 0 aromatic carbocycles. The first-order valence-corrected chi connectivity index (χ1v) is 3.01. The number of ether oxygens (including phenoxy) is 1. The molecule has 1 atom stereocenters. The molecule has 0 aliphatic heterocycles. The van der Waals surface area contributed by atoms with Crippen molar-refractivity contribution in [1.29, 1.82) is 0 Å². The summed E-state index contributed by atoms with van der Waals surface area (Å²) in [7, 11) is 0. The van der Waals surface area contributed by atoms with Gasteiger partial charge in [-0.3, -0.25) is 0 Å². The fourth-order valence-corrected chi connectivity index (χ4v) is 0.249. The van der Waals surface area contributed by atoms with Crippen molar-refractivity contribution < 1.29 is 9.53 Å². The highest BCUT2D eigenvalue weighted by molar-refractivity contribution is 5.38. The third-order valence-corrected chi connectivity index (χ3v) is 1.44. The highest BCUT2D eigenvalue weighted by atomic mass is 16.5. The van der Waals surface area contributed by atoms with Gasteiger partial charge in [0.15, 0.2) is 0 Å². The molecule has 0 N–H and O–H groups in total. The SMILES string of the molecule is CC(O[C]=O)C(C)(C)C. The average Bonchev–Trinajstić information content (AvgIpc) is 1.64. The van der Waals surface area contributed by atoms with Crippen molar-refractivity contribution >= 4 is 6.47 Å². The summed E-state index contributed by atoms with van der Waals surface area (Å²) in [6.45, 7) is 9.30. The number of hydrogen-bond donors (Lipinski definition) is 0. The van der Waals surface area contributed by atoms with Gasteiger partial charge < -0.3 is 4.74 Å². The van der Waals surface area contributed by atoms with Crippen molar-refractivity contribution in [3.8, 4) is 0 Å². The second kappa shape index (κ2) is 2.85. The van der Waals surface area contributed by atoms with Gasteiger partial charge in [0, 0.05) is 0 Å². The van der Waals surface area contributed by atoms with Gasteiger partial charge >= 0.3 is 6.47 Å². The van der Waals surface area contributed by atoms with E-state index in [0.29, 0.717) is 0 Å². The van der Waals surface area contributed by atoms with Crippen LogP contribution in [0.2, 0.25) is 0 Å². The summed E-state index contributed by atoms with van der Waals surface area (Å²) < 4.78 is 4.60. The quantitative estimate of drug-likeness (QED) is 0.564. The van der Waals surface area contributed by atoms with Crippen LogP contribution in [0.5, 0.6) is 0 Å². The lowest BCUT2D eigenvalue weighted by molar-refractivity contribution is 0.0873. The van der Waals surface area contributed by atoms with Gasteiger partial charge in [-0.2, -0.15) is 0 Å². The maximum Gasteiger partial charge on any atom is 0.417 e. The number of hydrogen-bond acceptors (Lipinski definition) is 2. The van der Waals surface area contributed by atoms with E-state index in [2.05, 4.69) is 4.74 Å². The molecule has 0 bridgehead atoms. The number of rotatable bonds is 2. The summed E-state index contributed by atoms with van der Waals surface area (Å²) in [6.07, 6.45) is -0.0602. The van der Waals surface area contributed by atoms with Crippen LogP contribution in [0.15, 0.2) is 0 Å². The topological polar surface area (TPSA) is 26.3 Å². The zero-order chi connectivity index (χ0) is 7.49. The van der Waals surface area contributed by atoms with Crippen LogP contribution in [0.3, 0.4) is 0 Å². The lowest BCUT2D eigenvalue weighted by Gasteiger charge is -2.24. The summed E-state index contributed by atoms with van der Waals surface area (Å²) in [4.78, 5) is 9.71. The van der Waals surface area contributed by atoms with Gasteiger partial charge in [-0.25, -0.2) is 4.79 Å². The molecule has 0 heterocycles. The van der Waals surface area contributed by atoms with Crippen LogP contribution in [0, 0.1) is 5.41 Å². The Morgan fingerprint density at radius 3 is 2.00 bits per heavy atom. The van der Waals surface area contributed by atoms with Crippen LogP contribution < -0.4 is 0 Å². The first-order chi connectivity index (χ1) is 3.98. The molecule has 0 spiro atoms. The summed E-state index contributed by atoms with van der Waals surface area (Å²) in [6, 6.07) is 0. The molecule has 0 saturated carbocycles. The molecule has 1 unspecified atom stereocenters. The van der Waals surface area contributed by atoms with Crippen LogP contribution in [-0.4, -0.2) is 12.6 Å². The fraction of sp³-hybridized carbons (Fsp3) is 0.857. The van der Waals surface area contributed by atoms with E-state index in [4.69, 9.17) is 0 Å². The van der Waals surface area contributed by atoms with E-state index in [1.165, 1.54) is 6.47 Å². The van der Waals surface area contributed by atoms with E-state index in [0.717, 1.165) is 0 Å². The molecule has 0 aromatic rings. The number of carbonyl (C=O) groups excluding carboxylic acids is 1. The largest absolute Gasteiger partial charge is 0.454 e. The van der Waals surface area contributed by atoms with Crippen LogP contribution >= 0.6 is 0 Å². The van der Waals surface area contributed by atoms with E-state index in [1.807, 2.05) is 27.7 Å². The maximum atomic E-state index is 9.71. The molecule has 53 valence electrons. The summed E-state index contributed by atoms with van der Waals surface area (Å²) >= 11 is 0. The van der Waals surface area contributed by atoms with E-state index < -0.39 is 0 Å². The lowest BCUT2D eigenvalue weighted by atomic mass is 9.90. The first-order valence-electron chi connectivity index (χ1n) is 3.01. The standard InChI is InChI=1S/C7H13O2/c1-6(9-5-8)7(2,3)4/h6H,1-4H3. The molecular formula is C7H13O2. The Hall–Kier alpha value is -0.530. The molecule has 0 aliphatic rings. The highest BCUT2D eigenvalue weighted by Gasteiger charge is 2.20. The van der Waals surface area contributed by atoms with Gasteiger partial charge in [0.25, 0.3) is 0 Å². The van der Waals surface area contributed by atoms with Crippen molar-refractivity contribution in [3.05, 3.63) is 0 Å². The van der Waals surface area contributed by atoms with Crippen LogP contribution in [0.4, 0.5) is 0 Å². The molecule has 1 radical (unpaired) electrons. The van der Waals surface area contributed by atoms with Crippen molar-refractivity contribution in [1.82, 2.24) is 0 Å². The van der Waals surface area contributed by atoms with E-state index in [1.54, 1.807) is 0 Å². The average molecular weight is 129 g/mol. The molecule has 0 fully saturated rings. The summed E-state index contributed by atoms with van der Waals surface area (Å²) in [5.41, 5.74) is 0.0252. The van der Waals surface area contributed by atoms with Gasteiger partial charge in [-0.1, -0.05) is 20.8 Å². The van der Waals surface area contributed by atoms with Crippen LogP contribution in [0.1, 0.15) is 27.7 Å². The molecule has 0 saturated heterocycles. The van der Waals surface area contributed by atoms with Gasteiger partial charge in [0.05, 0.1) is 0 Å². The lowest BCUT2D eigenvalue weighted by Crippen LogP contribution is -2.25. The zero-order valence-electron chi connectivity index (χ0n) is 6.39. The minimum Gasteiger partial charge on any atom is -0.454 e. The van der Waals surface area contributed by atoms with Crippen molar-refractivity contribution in [2.45, 2.75) is 33.8 Å². The Balaban J connectivity index is 3.72. The van der Waals surface area contributed by atoms with Crippen molar-refractivity contribution in [3.63, 3.8) is 0 Å². The van der Waals surface area contributed by atoms with Crippen molar-refractivity contribution in [2.24, 2.45) is 5.41 Å². The normalized spacial score (nSPS) is 14.7. The van der Waals surface area contributed by atoms with Gasteiger partial charge in [0.1, 0.15) is 6.10 Å². The second-order valence-electron chi connectivity index (χ2n) is 3.21. The first kappa shape index (κ1) is 8.47. The van der Waals surface area contributed by atoms with E-state index in [-0.39, 0.29) is 11.5 Å². The fourth-order valence-electron chi connectivity index (χ4n) is 0.249. The molecule has 2 nitrogen and oxygen atoms in total. The Morgan fingerprint density at radius 2 is 1.89 bits per heavy atom. The molecule has 9 heavy (non-hydrogen) atoms. The third-order valence-electron chi connectivity index (χ3n) is 1.44. The van der Waals surface area contributed by atoms with Crippen molar-refractivity contribution in [2.75, 3.05) is 0 Å². The Morgan fingerprint density at radius 1 is 1.44 bits per heavy atom. The molecule has 0 aliphatic carbocycles. The van der Waals surface area contributed by atoms with Crippen LogP contribution in [0.25, 0.3) is 0 Å². The summed E-state index contributed by atoms with van der Waals surface area (Å²) in [5.74, 6) is 0. The Kier molecular flexibility index (Phi) is 2.68.